The molecule has 3 aromatic rings. The van der Waals surface area contributed by atoms with Gasteiger partial charge in [-0.25, -0.2) is 4.98 Å². The predicted octanol–water partition coefficient (Wildman–Crippen LogP) is 4.85. The van der Waals surface area contributed by atoms with E-state index in [1.165, 1.54) is 28.0 Å². The molecular weight excluding hydrogens is 428 g/mol. The van der Waals surface area contributed by atoms with E-state index in [1.807, 2.05) is 37.3 Å². The van der Waals surface area contributed by atoms with Gasteiger partial charge in [0.15, 0.2) is 5.17 Å². The van der Waals surface area contributed by atoms with E-state index >= 15 is 0 Å². The molecule has 0 radical (unpaired) electrons. The maximum Gasteiger partial charge on any atom is 0.242 e. The average molecular weight is 445 g/mol. The SMILES string of the molecule is Cc1ccc(NC(=O)C[C@H]2SC(=Nc3nc4ccccc4s3)N(C)C2=O)cc1Cl. The van der Waals surface area contributed by atoms with Gasteiger partial charge in [-0.3, -0.25) is 14.5 Å². The van der Waals surface area contributed by atoms with Crippen molar-refractivity contribution in [1.82, 2.24) is 9.88 Å². The first kappa shape index (κ1) is 19.9. The number of amidine groups is 1. The van der Waals surface area contributed by atoms with Crippen LogP contribution in [-0.2, 0) is 9.59 Å². The van der Waals surface area contributed by atoms with Crippen LogP contribution < -0.4 is 5.32 Å². The molecule has 0 saturated carbocycles. The third-order valence-electron chi connectivity index (χ3n) is 4.44. The van der Waals surface area contributed by atoms with Crippen LogP contribution in [0.3, 0.4) is 0 Å². The molecule has 0 aliphatic carbocycles. The topological polar surface area (TPSA) is 74.7 Å². The second-order valence-electron chi connectivity index (χ2n) is 6.58. The highest BCUT2D eigenvalue weighted by Gasteiger charge is 2.37. The van der Waals surface area contributed by atoms with Gasteiger partial charge in [0.2, 0.25) is 16.9 Å². The Morgan fingerprint density at radius 2 is 2.10 bits per heavy atom. The van der Waals surface area contributed by atoms with Gasteiger partial charge in [0.25, 0.3) is 0 Å². The number of thioether (sulfide) groups is 1. The number of nitrogens with zero attached hydrogens (tertiary/aromatic N) is 3. The van der Waals surface area contributed by atoms with Crippen LogP contribution in [-0.4, -0.2) is 39.2 Å². The van der Waals surface area contributed by atoms with E-state index in [-0.39, 0.29) is 18.2 Å². The highest BCUT2D eigenvalue weighted by molar-refractivity contribution is 8.15. The van der Waals surface area contributed by atoms with E-state index in [0.717, 1.165) is 15.8 Å². The molecule has 2 amide bonds. The minimum Gasteiger partial charge on any atom is -0.326 e. The van der Waals surface area contributed by atoms with Gasteiger partial charge >= 0.3 is 0 Å². The summed E-state index contributed by atoms with van der Waals surface area (Å²) in [5, 5.41) is 4.00. The summed E-state index contributed by atoms with van der Waals surface area (Å²) in [5.74, 6) is -0.391. The summed E-state index contributed by atoms with van der Waals surface area (Å²) in [5.41, 5.74) is 2.42. The number of halogens is 1. The van der Waals surface area contributed by atoms with Gasteiger partial charge in [0.1, 0.15) is 5.25 Å². The normalized spacial score (nSPS) is 18.0. The molecule has 9 heteroatoms. The van der Waals surface area contributed by atoms with Gasteiger partial charge in [-0.2, -0.15) is 4.99 Å². The number of anilines is 1. The van der Waals surface area contributed by atoms with Crippen LogP contribution in [0.15, 0.2) is 47.5 Å². The molecular formula is C20H17ClN4O2S2. The summed E-state index contributed by atoms with van der Waals surface area (Å²) in [6.45, 7) is 1.89. The first-order valence-electron chi connectivity index (χ1n) is 8.85. The van der Waals surface area contributed by atoms with Crippen molar-refractivity contribution >= 4 is 72.7 Å². The van der Waals surface area contributed by atoms with Crippen molar-refractivity contribution in [3.63, 3.8) is 0 Å². The number of aromatic nitrogens is 1. The van der Waals surface area contributed by atoms with E-state index in [0.29, 0.717) is 21.0 Å². The maximum atomic E-state index is 12.6. The zero-order chi connectivity index (χ0) is 20.5. The van der Waals surface area contributed by atoms with E-state index in [9.17, 15) is 9.59 Å². The largest absolute Gasteiger partial charge is 0.326 e. The fourth-order valence-electron chi connectivity index (χ4n) is 2.84. The zero-order valence-corrected chi connectivity index (χ0v) is 18.1. The summed E-state index contributed by atoms with van der Waals surface area (Å²) in [4.78, 5) is 35.5. The van der Waals surface area contributed by atoms with Crippen molar-refractivity contribution in [3.05, 3.63) is 53.1 Å². The lowest BCUT2D eigenvalue weighted by Gasteiger charge is -2.10. The van der Waals surface area contributed by atoms with E-state index in [4.69, 9.17) is 11.6 Å². The van der Waals surface area contributed by atoms with Crippen molar-refractivity contribution in [3.8, 4) is 0 Å². The van der Waals surface area contributed by atoms with Crippen LogP contribution in [0.2, 0.25) is 5.02 Å². The number of hydrogen-bond acceptors (Lipinski definition) is 6. The number of fused-ring (bicyclic) bond motifs is 1. The van der Waals surface area contributed by atoms with Crippen LogP contribution in [0.4, 0.5) is 10.8 Å². The molecule has 1 saturated heterocycles. The van der Waals surface area contributed by atoms with Gasteiger partial charge in [-0.05, 0) is 36.8 Å². The molecule has 29 heavy (non-hydrogen) atoms. The van der Waals surface area contributed by atoms with Crippen LogP contribution in [0.5, 0.6) is 0 Å². The lowest BCUT2D eigenvalue weighted by Crippen LogP contribution is -2.30. The van der Waals surface area contributed by atoms with Crippen molar-refractivity contribution in [2.24, 2.45) is 4.99 Å². The van der Waals surface area contributed by atoms with E-state index < -0.39 is 5.25 Å². The predicted molar refractivity (Wildman–Crippen MR) is 120 cm³/mol. The zero-order valence-electron chi connectivity index (χ0n) is 15.7. The molecule has 1 aliphatic rings. The number of carbonyl (C=O) groups is 2. The molecule has 1 fully saturated rings. The Kier molecular flexibility index (Phi) is 5.58. The van der Waals surface area contributed by atoms with Crippen molar-refractivity contribution in [1.29, 1.82) is 0 Å². The number of para-hydroxylation sites is 1. The molecule has 2 heterocycles. The number of aliphatic imine (C=N–C) groups is 1. The van der Waals surface area contributed by atoms with Gasteiger partial charge in [0, 0.05) is 24.2 Å². The Bertz CT molecular complexity index is 1110. The third-order valence-corrected chi connectivity index (χ3v) is 7.01. The molecule has 148 valence electrons. The fraction of sp³-hybridized carbons (Fsp3) is 0.200. The molecule has 0 spiro atoms. The Morgan fingerprint density at radius 3 is 2.86 bits per heavy atom. The smallest absolute Gasteiger partial charge is 0.242 e. The number of amides is 2. The minimum absolute atomic E-state index is 0.0538. The Labute approximate surface area is 181 Å². The van der Waals surface area contributed by atoms with Crippen LogP contribution in [0.25, 0.3) is 10.2 Å². The highest BCUT2D eigenvalue weighted by atomic mass is 35.5. The van der Waals surface area contributed by atoms with E-state index in [2.05, 4.69) is 15.3 Å². The first-order valence-corrected chi connectivity index (χ1v) is 10.9. The highest BCUT2D eigenvalue weighted by Crippen LogP contribution is 2.34. The number of benzene rings is 2. The van der Waals surface area contributed by atoms with Crippen molar-refractivity contribution in [2.75, 3.05) is 12.4 Å². The molecule has 0 unspecified atom stereocenters. The fourth-order valence-corrected chi connectivity index (χ4v) is 5.05. The van der Waals surface area contributed by atoms with Crippen LogP contribution in [0, 0.1) is 6.92 Å². The van der Waals surface area contributed by atoms with Crippen molar-refractivity contribution in [2.45, 2.75) is 18.6 Å². The molecule has 4 rings (SSSR count). The lowest BCUT2D eigenvalue weighted by molar-refractivity contribution is -0.127. The molecule has 1 atom stereocenters. The van der Waals surface area contributed by atoms with Crippen LogP contribution >= 0.6 is 34.7 Å². The lowest BCUT2D eigenvalue weighted by atomic mass is 10.2. The summed E-state index contributed by atoms with van der Waals surface area (Å²) in [6.07, 6.45) is 0.0538. The number of thiazole rings is 1. The molecule has 0 bridgehead atoms. The van der Waals surface area contributed by atoms with Gasteiger partial charge < -0.3 is 5.32 Å². The number of nitrogens with one attached hydrogen (secondary N) is 1. The summed E-state index contributed by atoms with van der Waals surface area (Å²) in [7, 11) is 1.67. The second-order valence-corrected chi connectivity index (χ2v) is 9.16. The summed E-state index contributed by atoms with van der Waals surface area (Å²) >= 11 is 8.85. The molecule has 6 nitrogen and oxygen atoms in total. The molecule has 1 N–H and O–H groups in total. The van der Waals surface area contributed by atoms with Crippen molar-refractivity contribution < 1.29 is 9.59 Å². The number of aryl methyl sites for hydroxylation is 1. The molecule has 2 aromatic carbocycles. The molecule has 1 aliphatic heterocycles. The summed E-state index contributed by atoms with van der Waals surface area (Å²) < 4.78 is 1.04. The van der Waals surface area contributed by atoms with Gasteiger partial charge in [-0.15, -0.1) is 0 Å². The Hall–Kier alpha value is -2.42. The Morgan fingerprint density at radius 1 is 1.31 bits per heavy atom. The van der Waals surface area contributed by atoms with Gasteiger partial charge in [0.05, 0.1) is 10.2 Å². The number of hydrogen-bond donors (Lipinski definition) is 1. The number of carbonyl (C=O) groups excluding carboxylic acids is 2. The van der Waals surface area contributed by atoms with E-state index in [1.54, 1.807) is 19.2 Å². The first-order chi connectivity index (χ1) is 13.9. The minimum atomic E-state index is -0.519. The Balaban J connectivity index is 1.45. The number of rotatable bonds is 4. The second kappa shape index (κ2) is 8.14. The average Bonchev–Trinajstić information content (AvgIpc) is 3.21. The quantitative estimate of drug-likeness (QED) is 0.624. The van der Waals surface area contributed by atoms with Gasteiger partial charge in [-0.1, -0.05) is 52.9 Å². The third kappa shape index (κ3) is 4.29. The molecule has 1 aromatic heterocycles. The van der Waals surface area contributed by atoms with Crippen LogP contribution in [0.1, 0.15) is 12.0 Å². The standard InChI is InChI=1S/C20H17ClN4O2S2/c1-11-7-8-12(9-13(11)21)22-17(26)10-16-18(27)25(2)20(29-16)24-19-23-14-5-3-4-6-15(14)28-19/h3-9,16H,10H2,1-2H3,(H,22,26)/t16-/m1/s1. The summed E-state index contributed by atoms with van der Waals surface area (Å²) in [6, 6.07) is 13.1. The maximum absolute atomic E-state index is 12.6. The monoisotopic (exact) mass is 444 g/mol.